The number of likely N-dealkylation sites (tertiary alicyclic amines) is 1. The Kier molecular flexibility index (Phi) is 4.13. The van der Waals surface area contributed by atoms with Gasteiger partial charge < -0.3 is 10.3 Å². The minimum atomic E-state index is 0.576. The predicted molar refractivity (Wildman–Crippen MR) is 90.1 cm³/mol. The average Bonchev–Trinajstić information content (AvgIpc) is 2.99. The first-order valence-electron chi connectivity index (χ1n) is 8.80. The number of hydrogen-bond acceptors (Lipinski definition) is 3. The van der Waals surface area contributed by atoms with Crippen LogP contribution in [0.2, 0.25) is 0 Å². The van der Waals surface area contributed by atoms with Crippen LogP contribution in [0.5, 0.6) is 0 Å². The molecule has 2 fully saturated rings. The highest BCUT2D eigenvalue weighted by Crippen LogP contribution is 2.26. The van der Waals surface area contributed by atoms with Crippen molar-refractivity contribution in [3.63, 3.8) is 0 Å². The number of fused-ring (bicyclic) bond motifs is 1. The Labute approximate surface area is 132 Å². The molecule has 0 aromatic carbocycles. The quantitative estimate of drug-likeness (QED) is 0.915. The van der Waals surface area contributed by atoms with Crippen molar-refractivity contribution in [3.8, 4) is 0 Å². The summed E-state index contributed by atoms with van der Waals surface area (Å²) in [6, 6.07) is 4.52. The van der Waals surface area contributed by atoms with E-state index in [-0.39, 0.29) is 0 Å². The Bertz CT molecular complexity index is 621. The zero-order valence-electron chi connectivity index (χ0n) is 13.3. The second-order valence-electron chi connectivity index (χ2n) is 6.83. The minimum Gasteiger partial charge on any atom is -0.346 e. The predicted octanol–water partition coefficient (Wildman–Crippen LogP) is 3.02. The van der Waals surface area contributed by atoms with Gasteiger partial charge in [0.05, 0.1) is 0 Å². The largest absolute Gasteiger partial charge is 0.346 e. The molecule has 0 radical (unpaired) electrons. The van der Waals surface area contributed by atoms with Gasteiger partial charge in [-0.25, -0.2) is 4.98 Å². The van der Waals surface area contributed by atoms with Crippen LogP contribution in [0.1, 0.15) is 49.3 Å². The smallest absolute Gasteiger partial charge is 0.137 e. The van der Waals surface area contributed by atoms with Crippen molar-refractivity contribution in [1.82, 2.24) is 20.2 Å². The molecule has 2 aliphatic heterocycles. The average molecular weight is 298 g/mol. The third kappa shape index (κ3) is 2.90. The normalized spacial score (nSPS) is 23.9. The number of hydrogen-bond donors (Lipinski definition) is 2. The zero-order chi connectivity index (χ0) is 14.8. The molecule has 1 unspecified atom stereocenters. The van der Waals surface area contributed by atoms with Crippen molar-refractivity contribution in [2.24, 2.45) is 0 Å². The maximum absolute atomic E-state index is 4.90. The van der Waals surface area contributed by atoms with Crippen LogP contribution in [0.15, 0.2) is 18.3 Å². The molecular formula is C18H26N4. The fourth-order valence-corrected chi connectivity index (χ4v) is 3.90. The molecular weight excluding hydrogens is 272 g/mol. The summed E-state index contributed by atoms with van der Waals surface area (Å²) in [6.07, 6.45) is 8.76. The van der Waals surface area contributed by atoms with Crippen LogP contribution in [0, 0.1) is 0 Å². The zero-order valence-corrected chi connectivity index (χ0v) is 13.3. The van der Waals surface area contributed by atoms with Crippen LogP contribution in [0.25, 0.3) is 11.0 Å². The van der Waals surface area contributed by atoms with E-state index in [2.05, 4.69) is 33.5 Å². The van der Waals surface area contributed by atoms with Gasteiger partial charge in [0, 0.05) is 36.3 Å². The molecule has 0 bridgehead atoms. The third-order valence-corrected chi connectivity index (χ3v) is 5.20. The topological polar surface area (TPSA) is 44.0 Å². The van der Waals surface area contributed by atoms with E-state index in [0.717, 1.165) is 25.3 Å². The molecule has 2 saturated heterocycles. The Hall–Kier alpha value is -1.39. The van der Waals surface area contributed by atoms with Crippen molar-refractivity contribution in [3.05, 3.63) is 29.6 Å². The lowest BCUT2D eigenvalue weighted by atomic mass is 9.95. The lowest BCUT2D eigenvalue weighted by molar-refractivity contribution is 0.221. The number of rotatable bonds is 3. The summed E-state index contributed by atoms with van der Waals surface area (Å²) < 4.78 is 0. The monoisotopic (exact) mass is 298 g/mol. The first kappa shape index (κ1) is 14.2. The van der Waals surface area contributed by atoms with Crippen molar-refractivity contribution in [1.29, 1.82) is 0 Å². The fourth-order valence-electron chi connectivity index (χ4n) is 3.90. The van der Waals surface area contributed by atoms with Gasteiger partial charge in [-0.3, -0.25) is 4.90 Å². The second kappa shape index (κ2) is 6.39. The maximum atomic E-state index is 4.90. The van der Waals surface area contributed by atoms with Gasteiger partial charge in [0.2, 0.25) is 0 Å². The molecule has 4 heterocycles. The molecule has 2 aromatic heterocycles. The Morgan fingerprint density at radius 2 is 2.05 bits per heavy atom. The molecule has 0 amide bonds. The van der Waals surface area contributed by atoms with Crippen LogP contribution >= 0.6 is 0 Å². The highest BCUT2D eigenvalue weighted by Gasteiger charge is 2.18. The van der Waals surface area contributed by atoms with E-state index >= 15 is 0 Å². The first-order valence-corrected chi connectivity index (χ1v) is 8.80. The van der Waals surface area contributed by atoms with Crippen molar-refractivity contribution < 1.29 is 0 Å². The Morgan fingerprint density at radius 3 is 2.86 bits per heavy atom. The minimum absolute atomic E-state index is 0.576. The fraction of sp³-hybridized carbons (Fsp3) is 0.611. The molecule has 2 aromatic rings. The van der Waals surface area contributed by atoms with Gasteiger partial charge in [0.25, 0.3) is 0 Å². The van der Waals surface area contributed by atoms with Gasteiger partial charge >= 0.3 is 0 Å². The van der Waals surface area contributed by atoms with Crippen molar-refractivity contribution in [2.45, 2.75) is 44.6 Å². The molecule has 4 rings (SSSR count). The van der Waals surface area contributed by atoms with Gasteiger partial charge in [0.1, 0.15) is 5.65 Å². The van der Waals surface area contributed by atoms with Gasteiger partial charge in [-0.2, -0.15) is 0 Å². The van der Waals surface area contributed by atoms with E-state index in [0.29, 0.717) is 5.92 Å². The first-order chi connectivity index (χ1) is 10.9. The molecule has 2 N–H and O–H groups in total. The van der Waals surface area contributed by atoms with E-state index < -0.39 is 0 Å². The SMILES string of the molecule is c1cc2c(CN3CCCCC3)c[nH]c2nc1C1CCCNC1. The molecule has 4 nitrogen and oxygen atoms in total. The number of H-pyrrole nitrogens is 1. The van der Waals surface area contributed by atoms with E-state index in [1.54, 1.807) is 0 Å². The van der Waals surface area contributed by atoms with Crippen LogP contribution in [-0.2, 0) is 6.54 Å². The summed E-state index contributed by atoms with van der Waals surface area (Å²) in [5.74, 6) is 0.576. The van der Waals surface area contributed by atoms with Gasteiger partial charge in [-0.1, -0.05) is 6.42 Å². The lowest BCUT2D eigenvalue weighted by Crippen LogP contribution is -2.29. The van der Waals surface area contributed by atoms with Gasteiger partial charge in [-0.15, -0.1) is 0 Å². The van der Waals surface area contributed by atoms with E-state index in [1.807, 2.05) is 0 Å². The van der Waals surface area contributed by atoms with Crippen molar-refractivity contribution in [2.75, 3.05) is 26.2 Å². The molecule has 0 aliphatic carbocycles. The molecule has 1 atom stereocenters. The van der Waals surface area contributed by atoms with E-state index in [9.17, 15) is 0 Å². The molecule has 4 heteroatoms. The van der Waals surface area contributed by atoms with Crippen LogP contribution < -0.4 is 5.32 Å². The summed E-state index contributed by atoms with van der Waals surface area (Å²) in [6.45, 7) is 5.77. The number of nitrogens with one attached hydrogen (secondary N) is 2. The van der Waals surface area contributed by atoms with Crippen molar-refractivity contribution >= 4 is 11.0 Å². The molecule has 0 spiro atoms. The summed E-state index contributed by atoms with van der Waals surface area (Å²) in [7, 11) is 0. The summed E-state index contributed by atoms with van der Waals surface area (Å²) in [5, 5.41) is 4.79. The summed E-state index contributed by atoms with van der Waals surface area (Å²) in [4.78, 5) is 10.9. The van der Waals surface area contributed by atoms with Crippen LogP contribution in [0.4, 0.5) is 0 Å². The van der Waals surface area contributed by atoms with E-state index in [1.165, 1.54) is 61.8 Å². The number of piperidine rings is 2. The van der Waals surface area contributed by atoms with E-state index in [4.69, 9.17) is 4.98 Å². The standard InChI is InChI=1S/C18H26N4/c1-2-9-22(10-3-1)13-15-12-20-18-16(15)6-7-17(21-18)14-5-4-8-19-11-14/h6-7,12,14,19H,1-5,8-11,13H2,(H,20,21). The van der Waals surface area contributed by atoms with Gasteiger partial charge in [0.15, 0.2) is 0 Å². The number of nitrogens with zero attached hydrogens (tertiary/aromatic N) is 2. The summed E-state index contributed by atoms with van der Waals surface area (Å²) in [5.41, 5.74) is 3.71. The van der Waals surface area contributed by atoms with Crippen LogP contribution in [0.3, 0.4) is 0 Å². The highest BCUT2D eigenvalue weighted by atomic mass is 15.1. The number of aromatic amines is 1. The maximum Gasteiger partial charge on any atom is 0.137 e. The summed E-state index contributed by atoms with van der Waals surface area (Å²) >= 11 is 0. The lowest BCUT2D eigenvalue weighted by Gasteiger charge is -2.26. The van der Waals surface area contributed by atoms with Crippen LogP contribution in [-0.4, -0.2) is 41.0 Å². The number of pyridine rings is 1. The second-order valence-corrected chi connectivity index (χ2v) is 6.83. The van der Waals surface area contributed by atoms with Gasteiger partial charge in [-0.05, 0) is 63.0 Å². The highest BCUT2D eigenvalue weighted by molar-refractivity contribution is 5.79. The molecule has 0 saturated carbocycles. The third-order valence-electron chi connectivity index (χ3n) is 5.20. The Morgan fingerprint density at radius 1 is 1.14 bits per heavy atom. The number of aromatic nitrogens is 2. The molecule has 22 heavy (non-hydrogen) atoms. The molecule has 118 valence electrons. The Balaban J connectivity index is 1.54. The molecule has 2 aliphatic rings.